The molecule has 3 nitrogen and oxygen atoms in total. The molecule has 3 rings (SSSR count). The Morgan fingerprint density at radius 3 is 2.65 bits per heavy atom. The van der Waals surface area contributed by atoms with Gasteiger partial charge in [-0.1, -0.05) is 18.2 Å². The van der Waals surface area contributed by atoms with Crippen molar-refractivity contribution in [2.45, 2.75) is 6.42 Å². The largest absolute Gasteiger partial charge is 0.508 e. The lowest BCUT2D eigenvalue weighted by Crippen LogP contribution is -1.93. The minimum Gasteiger partial charge on any atom is -0.508 e. The van der Waals surface area contributed by atoms with Crippen molar-refractivity contribution in [3.63, 3.8) is 0 Å². The summed E-state index contributed by atoms with van der Waals surface area (Å²) in [6.07, 6.45) is 0.769. The zero-order valence-electron chi connectivity index (χ0n) is 9.22. The van der Waals surface area contributed by atoms with Gasteiger partial charge in [0.2, 0.25) is 6.79 Å². The first-order valence-corrected chi connectivity index (χ1v) is 5.48. The predicted molar refractivity (Wildman–Crippen MR) is 63.5 cm³/mol. The molecule has 0 unspecified atom stereocenters. The Morgan fingerprint density at radius 1 is 0.941 bits per heavy atom. The van der Waals surface area contributed by atoms with Gasteiger partial charge in [-0.25, -0.2) is 0 Å². The second-order valence-electron chi connectivity index (χ2n) is 4.03. The molecule has 0 saturated heterocycles. The van der Waals surface area contributed by atoms with Gasteiger partial charge in [0.1, 0.15) is 5.75 Å². The SMILES string of the molecule is Oc1cccc(Cc2ccc3c(c2)OCO3)c1. The van der Waals surface area contributed by atoms with E-state index in [4.69, 9.17) is 9.47 Å². The number of fused-ring (bicyclic) bond motifs is 1. The highest BCUT2D eigenvalue weighted by molar-refractivity contribution is 5.45. The van der Waals surface area contributed by atoms with E-state index in [-0.39, 0.29) is 0 Å². The van der Waals surface area contributed by atoms with E-state index in [2.05, 4.69) is 0 Å². The topological polar surface area (TPSA) is 38.7 Å². The summed E-state index contributed by atoms with van der Waals surface area (Å²) in [5.41, 5.74) is 2.21. The van der Waals surface area contributed by atoms with Gasteiger partial charge in [-0.2, -0.15) is 0 Å². The van der Waals surface area contributed by atoms with Crippen LogP contribution in [0.15, 0.2) is 42.5 Å². The number of benzene rings is 2. The number of aromatic hydroxyl groups is 1. The van der Waals surface area contributed by atoms with E-state index in [0.29, 0.717) is 12.5 Å². The Bertz CT molecular complexity index is 549. The molecular weight excluding hydrogens is 216 g/mol. The predicted octanol–water partition coefficient (Wildman–Crippen LogP) is 2.71. The summed E-state index contributed by atoms with van der Waals surface area (Å²) in [5, 5.41) is 9.40. The van der Waals surface area contributed by atoms with Crippen LogP contribution in [-0.4, -0.2) is 11.9 Å². The fourth-order valence-corrected chi connectivity index (χ4v) is 1.95. The van der Waals surface area contributed by atoms with Crippen molar-refractivity contribution < 1.29 is 14.6 Å². The van der Waals surface area contributed by atoms with Gasteiger partial charge >= 0.3 is 0 Å². The lowest BCUT2D eigenvalue weighted by atomic mass is 10.0. The van der Waals surface area contributed by atoms with Crippen LogP contribution in [0.3, 0.4) is 0 Å². The molecule has 0 aromatic heterocycles. The zero-order chi connectivity index (χ0) is 11.7. The van der Waals surface area contributed by atoms with Crippen LogP contribution in [0.25, 0.3) is 0 Å². The highest BCUT2D eigenvalue weighted by Gasteiger charge is 2.13. The number of rotatable bonds is 2. The smallest absolute Gasteiger partial charge is 0.231 e. The summed E-state index contributed by atoms with van der Waals surface area (Å²) in [6.45, 7) is 0.297. The third kappa shape index (κ3) is 2.04. The van der Waals surface area contributed by atoms with Gasteiger partial charge in [-0.3, -0.25) is 0 Å². The summed E-state index contributed by atoms with van der Waals surface area (Å²) < 4.78 is 10.6. The van der Waals surface area contributed by atoms with Crippen molar-refractivity contribution in [2.24, 2.45) is 0 Å². The monoisotopic (exact) mass is 228 g/mol. The third-order valence-corrected chi connectivity index (χ3v) is 2.76. The van der Waals surface area contributed by atoms with Gasteiger partial charge < -0.3 is 14.6 Å². The van der Waals surface area contributed by atoms with E-state index in [0.717, 1.165) is 29.0 Å². The van der Waals surface area contributed by atoms with Crippen LogP contribution in [-0.2, 0) is 6.42 Å². The first-order valence-electron chi connectivity index (χ1n) is 5.48. The Hall–Kier alpha value is -2.16. The van der Waals surface area contributed by atoms with E-state index < -0.39 is 0 Å². The molecule has 2 aromatic rings. The Balaban J connectivity index is 1.86. The van der Waals surface area contributed by atoms with Crippen molar-refractivity contribution in [3.05, 3.63) is 53.6 Å². The average Bonchev–Trinajstić information content (AvgIpc) is 2.76. The molecule has 1 heterocycles. The maximum Gasteiger partial charge on any atom is 0.231 e. The molecule has 1 aliphatic heterocycles. The average molecular weight is 228 g/mol. The molecule has 0 saturated carbocycles. The Labute approximate surface area is 99.2 Å². The van der Waals surface area contributed by atoms with Crippen LogP contribution < -0.4 is 9.47 Å². The molecule has 17 heavy (non-hydrogen) atoms. The van der Waals surface area contributed by atoms with Crippen molar-refractivity contribution in [3.8, 4) is 17.2 Å². The van der Waals surface area contributed by atoms with Crippen molar-refractivity contribution in [1.29, 1.82) is 0 Å². The lowest BCUT2D eigenvalue weighted by molar-refractivity contribution is 0.174. The van der Waals surface area contributed by atoms with E-state index in [1.165, 1.54) is 0 Å². The fourth-order valence-electron chi connectivity index (χ4n) is 1.95. The molecule has 0 spiro atoms. The van der Waals surface area contributed by atoms with Gasteiger partial charge in [0.05, 0.1) is 0 Å². The number of ether oxygens (including phenoxy) is 2. The quantitative estimate of drug-likeness (QED) is 0.858. The molecule has 0 fully saturated rings. The molecule has 2 aromatic carbocycles. The summed E-state index contributed by atoms with van der Waals surface area (Å²) in [6, 6.07) is 13.2. The summed E-state index contributed by atoms with van der Waals surface area (Å²) in [7, 11) is 0. The third-order valence-electron chi connectivity index (χ3n) is 2.76. The van der Waals surface area contributed by atoms with Gasteiger partial charge in [0.15, 0.2) is 11.5 Å². The molecule has 0 atom stereocenters. The van der Waals surface area contributed by atoms with E-state index in [1.54, 1.807) is 12.1 Å². The summed E-state index contributed by atoms with van der Waals surface area (Å²) in [5.74, 6) is 1.88. The van der Waals surface area contributed by atoms with Gasteiger partial charge in [0, 0.05) is 0 Å². The first kappa shape index (κ1) is 10.0. The second kappa shape index (κ2) is 4.01. The fraction of sp³-hybridized carbons (Fsp3) is 0.143. The molecule has 3 heteroatoms. The molecule has 86 valence electrons. The Morgan fingerprint density at radius 2 is 1.76 bits per heavy atom. The van der Waals surface area contributed by atoms with Crippen LogP contribution in [0, 0.1) is 0 Å². The molecule has 1 aliphatic rings. The molecule has 1 N–H and O–H groups in total. The van der Waals surface area contributed by atoms with E-state index >= 15 is 0 Å². The molecule has 0 radical (unpaired) electrons. The van der Waals surface area contributed by atoms with Crippen LogP contribution in [0.1, 0.15) is 11.1 Å². The Kier molecular flexibility index (Phi) is 2.37. The highest BCUT2D eigenvalue weighted by atomic mass is 16.7. The van der Waals surface area contributed by atoms with Crippen molar-refractivity contribution in [2.75, 3.05) is 6.79 Å². The number of hydrogen-bond donors (Lipinski definition) is 1. The van der Waals surface area contributed by atoms with E-state index in [9.17, 15) is 5.11 Å². The molecule has 0 bridgehead atoms. The minimum absolute atomic E-state index is 0.295. The minimum atomic E-state index is 0.295. The van der Waals surface area contributed by atoms with Crippen LogP contribution in [0.2, 0.25) is 0 Å². The summed E-state index contributed by atoms with van der Waals surface area (Å²) >= 11 is 0. The zero-order valence-corrected chi connectivity index (χ0v) is 9.22. The molecule has 0 aliphatic carbocycles. The summed E-state index contributed by atoms with van der Waals surface area (Å²) in [4.78, 5) is 0. The van der Waals surface area contributed by atoms with Crippen LogP contribution in [0.5, 0.6) is 17.2 Å². The highest BCUT2D eigenvalue weighted by Crippen LogP contribution is 2.33. The lowest BCUT2D eigenvalue weighted by Gasteiger charge is -2.04. The second-order valence-corrected chi connectivity index (χ2v) is 4.03. The van der Waals surface area contributed by atoms with Crippen LogP contribution in [0.4, 0.5) is 0 Å². The van der Waals surface area contributed by atoms with Crippen molar-refractivity contribution in [1.82, 2.24) is 0 Å². The standard InChI is InChI=1S/C14H12O3/c15-12-3-1-2-10(7-12)6-11-4-5-13-14(8-11)17-9-16-13/h1-5,7-8,15H,6,9H2. The van der Waals surface area contributed by atoms with Crippen LogP contribution >= 0.6 is 0 Å². The van der Waals surface area contributed by atoms with Gasteiger partial charge in [0.25, 0.3) is 0 Å². The normalized spacial score (nSPS) is 12.7. The van der Waals surface area contributed by atoms with Gasteiger partial charge in [-0.15, -0.1) is 0 Å². The number of hydrogen-bond acceptors (Lipinski definition) is 3. The van der Waals surface area contributed by atoms with E-state index in [1.807, 2.05) is 30.3 Å². The number of phenolic OH excluding ortho intramolecular Hbond substituents is 1. The molecule has 0 amide bonds. The number of phenols is 1. The maximum absolute atomic E-state index is 9.40. The van der Waals surface area contributed by atoms with Gasteiger partial charge in [-0.05, 0) is 41.8 Å². The maximum atomic E-state index is 9.40. The van der Waals surface area contributed by atoms with Crippen molar-refractivity contribution >= 4 is 0 Å². The molecular formula is C14H12O3. The first-order chi connectivity index (χ1) is 8.31.